The molecule has 98 valence electrons. The lowest BCUT2D eigenvalue weighted by molar-refractivity contribution is -0.122. The number of benzene rings is 1. The minimum atomic E-state index is -0.114. The Morgan fingerprint density at radius 2 is 2.11 bits per heavy atom. The third-order valence-corrected chi connectivity index (χ3v) is 3.89. The Balaban J connectivity index is 2.56. The Hall–Kier alpha value is -1.03. The van der Waals surface area contributed by atoms with Crippen LogP contribution in [-0.2, 0) is 4.79 Å². The van der Waals surface area contributed by atoms with E-state index in [2.05, 4.69) is 35.8 Å². The Labute approximate surface area is 116 Å². The molecule has 0 saturated carbocycles. The molecule has 1 aromatic carbocycles. The Kier molecular flexibility index (Phi) is 3.66. The van der Waals surface area contributed by atoms with Gasteiger partial charge in [-0.2, -0.15) is 0 Å². The van der Waals surface area contributed by atoms with Gasteiger partial charge in [-0.3, -0.25) is 4.79 Å². The molecular formula is C14H18BrNO2. The van der Waals surface area contributed by atoms with Crippen LogP contribution in [0.3, 0.4) is 0 Å². The molecule has 4 heteroatoms. The molecule has 0 aromatic heterocycles. The Bertz CT molecular complexity index is 485. The average molecular weight is 312 g/mol. The molecule has 18 heavy (non-hydrogen) atoms. The Morgan fingerprint density at radius 3 is 2.72 bits per heavy atom. The van der Waals surface area contributed by atoms with Crippen molar-refractivity contribution in [2.45, 2.75) is 26.7 Å². The van der Waals surface area contributed by atoms with Crippen molar-refractivity contribution in [2.24, 2.45) is 5.92 Å². The molecule has 1 atom stereocenters. The second-order valence-corrected chi connectivity index (χ2v) is 5.97. The predicted octanol–water partition coefficient (Wildman–Crippen LogP) is 3.56. The summed E-state index contributed by atoms with van der Waals surface area (Å²) in [5, 5.41) is 0. The summed E-state index contributed by atoms with van der Waals surface area (Å²) in [4.78, 5) is 13.8. The van der Waals surface area contributed by atoms with Gasteiger partial charge in [-0.1, -0.05) is 20.8 Å². The second kappa shape index (κ2) is 4.92. The molecule has 1 amide bonds. The zero-order chi connectivity index (χ0) is 13.4. The molecule has 2 rings (SSSR count). The molecule has 0 radical (unpaired) electrons. The van der Waals surface area contributed by atoms with Crippen LogP contribution in [-0.4, -0.2) is 19.6 Å². The minimum Gasteiger partial charge on any atom is -0.489 e. The van der Waals surface area contributed by atoms with E-state index in [1.54, 1.807) is 4.90 Å². The van der Waals surface area contributed by atoms with Crippen molar-refractivity contribution in [1.29, 1.82) is 0 Å². The number of hydrogen-bond acceptors (Lipinski definition) is 2. The number of carbonyl (C=O) groups excluding carboxylic acids is 1. The molecule has 1 aliphatic heterocycles. The topological polar surface area (TPSA) is 29.5 Å². The van der Waals surface area contributed by atoms with Gasteiger partial charge in [-0.25, -0.2) is 0 Å². The molecule has 0 aliphatic carbocycles. The summed E-state index contributed by atoms with van der Waals surface area (Å²) in [6.45, 7) is 6.59. The monoisotopic (exact) mass is 311 g/mol. The van der Waals surface area contributed by atoms with Crippen LogP contribution < -0.4 is 9.64 Å². The number of fused-ring (bicyclic) bond motifs is 1. The van der Waals surface area contributed by atoms with Crippen LogP contribution in [0.5, 0.6) is 5.75 Å². The summed E-state index contributed by atoms with van der Waals surface area (Å²) in [5.41, 5.74) is 2.04. The zero-order valence-corrected chi connectivity index (χ0v) is 12.7. The number of hydrogen-bond donors (Lipinski definition) is 0. The van der Waals surface area contributed by atoms with E-state index in [4.69, 9.17) is 4.74 Å². The molecule has 1 aliphatic rings. The lowest BCUT2D eigenvalue weighted by atomic mass is 10.0. The third kappa shape index (κ3) is 2.26. The maximum absolute atomic E-state index is 12.1. The van der Waals surface area contributed by atoms with Crippen LogP contribution in [0.15, 0.2) is 16.6 Å². The van der Waals surface area contributed by atoms with Gasteiger partial charge in [0, 0.05) is 7.05 Å². The number of ether oxygens (including phenoxy) is 1. The largest absolute Gasteiger partial charge is 0.489 e. The number of amides is 1. The van der Waals surface area contributed by atoms with Crippen molar-refractivity contribution in [1.82, 2.24) is 0 Å². The van der Waals surface area contributed by atoms with E-state index in [-0.39, 0.29) is 11.8 Å². The smallest absolute Gasteiger partial charge is 0.233 e. The third-order valence-electron chi connectivity index (χ3n) is 3.30. The number of anilines is 1. The summed E-state index contributed by atoms with van der Waals surface area (Å²) >= 11 is 3.54. The Morgan fingerprint density at radius 1 is 1.44 bits per heavy atom. The lowest BCUT2D eigenvalue weighted by Crippen LogP contribution is -2.31. The van der Waals surface area contributed by atoms with Crippen molar-refractivity contribution in [3.63, 3.8) is 0 Å². The van der Waals surface area contributed by atoms with Crippen LogP contribution in [0.4, 0.5) is 5.69 Å². The molecule has 1 aromatic rings. The summed E-state index contributed by atoms with van der Waals surface area (Å²) in [5.74, 6) is 1.16. The molecule has 3 nitrogen and oxygen atoms in total. The van der Waals surface area contributed by atoms with Gasteiger partial charge in [0.1, 0.15) is 0 Å². The fourth-order valence-corrected chi connectivity index (χ4v) is 2.64. The average Bonchev–Trinajstić information content (AvgIpc) is 2.43. The summed E-state index contributed by atoms with van der Waals surface area (Å²) in [6.07, 6.45) is 0. The fraction of sp³-hybridized carbons (Fsp3) is 0.500. The SMILES string of the molecule is CC1COc2c(Br)cc(C(C)C)cc2N(C)C1=O. The second-order valence-electron chi connectivity index (χ2n) is 5.11. The first-order valence-electron chi connectivity index (χ1n) is 6.15. The van der Waals surface area contributed by atoms with Gasteiger partial charge >= 0.3 is 0 Å². The molecule has 1 unspecified atom stereocenters. The van der Waals surface area contributed by atoms with Crippen LogP contribution in [0, 0.1) is 5.92 Å². The highest BCUT2D eigenvalue weighted by Gasteiger charge is 2.27. The quantitative estimate of drug-likeness (QED) is 0.793. The predicted molar refractivity (Wildman–Crippen MR) is 76.3 cm³/mol. The number of carbonyl (C=O) groups is 1. The van der Waals surface area contributed by atoms with Gasteiger partial charge in [0.15, 0.2) is 5.75 Å². The van der Waals surface area contributed by atoms with Gasteiger partial charge in [0.25, 0.3) is 0 Å². The standard InChI is InChI=1S/C14H18BrNO2/c1-8(2)10-5-11(15)13-12(6-10)16(4)14(17)9(3)7-18-13/h5-6,8-9H,7H2,1-4H3. The van der Waals surface area contributed by atoms with E-state index in [1.165, 1.54) is 5.56 Å². The highest BCUT2D eigenvalue weighted by atomic mass is 79.9. The van der Waals surface area contributed by atoms with Gasteiger partial charge in [-0.05, 0) is 39.5 Å². The first-order chi connectivity index (χ1) is 8.41. The summed E-state index contributed by atoms with van der Waals surface area (Å²) < 4.78 is 6.67. The number of rotatable bonds is 1. The molecule has 0 N–H and O–H groups in total. The molecule has 0 bridgehead atoms. The van der Waals surface area contributed by atoms with E-state index >= 15 is 0 Å². The van der Waals surface area contributed by atoms with Gasteiger partial charge in [-0.15, -0.1) is 0 Å². The number of nitrogens with zero attached hydrogens (tertiary/aromatic N) is 1. The fourth-order valence-electron chi connectivity index (χ4n) is 2.05. The molecule has 0 fully saturated rings. The highest BCUT2D eigenvalue weighted by molar-refractivity contribution is 9.10. The van der Waals surface area contributed by atoms with E-state index in [0.717, 1.165) is 15.9 Å². The highest BCUT2D eigenvalue weighted by Crippen LogP contribution is 2.40. The summed E-state index contributed by atoms with van der Waals surface area (Å²) in [7, 11) is 1.81. The van der Waals surface area contributed by atoms with E-state index in [0.29, 0.717) is 12.5 Å². The van der Waals surface area contributed by atoms with Crippen LogP contribution in [0.2, 0.25) is 0 Å². The van der Waals surface area contributed by atoms with Gasteiger partial charge in [0.05, 0.1) is 22.7 Å². The normalized spacial score (nSPS) is 19.6. The molecule has 0 saturated heterocycles. The van der Waals surface area contributed by atoms with Crippen molar-refractivity contribution < 1.29 is 9.53 Å². The van der Waals surface area contributed by atoms with Crippen LogP contribution in [0.25, 0.3) is 0 Å². The van der Waals surface area contributed by atoms with Gasteiger partial charge in [0.2, 0.25) is 5.91 Å². The minimum absolute atomic E-state index is 0.0987. The maximum atomic E-state index is 12.1. The first kappa shape index (κ1) is 13.4. The summed E-state index contributed by atoms with van der Waals surface area (Å²) in [6, 6.07) is 4.11. The zero-order valence-electron chi connectivity index (χ0n) is 11.2. The van der Waals surface area contributed by atoms with Crippen molar-refractivity contribution in [3.05, 3.63) is 22.2 Å². The van der Waals surface area contributed by atoms with Crippen molar-refractivity contribution in [2.75, 3.05) is 18.6 Å². The van der Waals surface area contributed by atoms with Crippen LogP contribution in [0.1, 0.15) is 32.3 Å². The maximum Gasteiger partial charge on any atom is 0.233 e. The molecule has 0 spiro atoms. The van der Waals surface area contributed by atoms with E-state index in [9.17, 15) is 4.79 Å². The van der Waals surface area contributed by atoms with E-state index in [1.807, 2.05) is 20.0 Å². The van der Waals surface area contributed by atoms with Crippen molar-refractivity contribution in [3.8, 4) is 5.75 Å². The number of halogens is 1. The van der Waals surface area contributed by atoms with E-state index < -0.39 is 0 Å². The van der Waals surface area contributed by atoms with Crippen LogP contribution >= 0.6 is 15.9 Å². The lowest BCUT2D eigenvalue weighted by Gasteiger charge is -2.20. The molecular weight excluding hydrogens is 294 g/mol. The van der Waals surface area contributed by atoms with Crippen molar-refractivity contribution >= 4 is 27.5 Å². The molecule has 1 heterocycles. The van der Waals surface area contributed by atoms with Gasteiger partial charge < -0.3 is 9.64 Å². The first-order valence-corrected chi connectivity index (χ1v) is 6.95.